The zero-order valence-electron chi connectivity index (χ0n) is 25.6. The van der Waals surface area contributed by atoms with Crippen molar-refractivity contribution in [2.45, 2.75) is 26.7 Å². The molecular weight excluding hydrogens is 603 g/mol. The van der Waals surface area contributed by atoms with Gasteiger partial charge in [-0.05, 0) is 56.5 Å². The molecule has 2 aliphatic rings. The molecule has 2 radical (unpaired) electrons. The molecule has 0 aromatic carbocycles. The number of aromatic nitrogens is 6. The fraction of sp³-hybridized carbons (Fsp3) is 0.323. The summed E-state index contributed by atoms with van der Waals surface area (Å²) in [5.74, 6) is 1.24. The van der Waals surface area contributed by atoms with Gasteiger partial charge in [0, 0.05) is 67.3 Å². The number of nitrogens with zero attached hydrogens (tertiary/aromatic N) is 7. The molecule has 0 spiro atoms. The summed E-state index contributed by atoms with van der Waals surface area (Å²) in [5.41, 5.74) is 8.62. The van der Waals surface area contributed by atoms with E-state index in [1.165, 1.54) is 25.7 Å². The molecule has 2 aliphatic heterocycles. The summed E-state index contributed by atoms with van der Waals surface area (Å²) in [4.78, 5) is 36.0. The number of rotatable bonds is 4. The summed E-state index contributed by atoms with van der Waals surface area (Å²) in [6.07, 6.45) is 10.0. The van der Waals surface area contributed by atoms with Crippen molar-refractivity contribution < 1.29 is 4.79 Å². The lowest BCUT2D eigenvalue weighted by molar-refractivity contribution is 0.227. The van der Waals surface area contributed by atoms with Crippen LogP contribution in [0, 0.1) is 13.8 Å². The smallest absolute Gasteiger partial charge is 0.200 e. The van der Waals surface area contributed by atoms with Gasteiger partial charge in [0.05, 0.1) is 0 Å². The van der Waals surface area contributed by atoms with Gasteiger partial charge in [0.25, 0.3) is 0 Å². The van der Waals surface area contributed by atoms with Crippen LogP contribution in [0.4, 0.5) is 16.4 Å². The number of aryl methyl sites for hydroxylation is 2. The lowest BCUT2D eigenvalue weighted by atomic mass is 10.0. The van der Waals surface area contributed by atoms with Crippen molar-refractivity contribution in [1.82, 2.24) is 39.0 Å². The van der Waals surface area contributed by atoms with E-state index in [0.717, 1.165) is 76.1 Å². The third-order valence-corrected chi connectivity index (χ3v) is 10.6. The normalized spacial score (nSPS) is 15.3. The number of imidazole rings is 2. The van der Waals surface area contributed by atoms with Gasteiger partial charge in [-0.25, -0.2) is 19.9 Å². The molecular formula is C31H33BN10OS2. The van der Waals surface area contributed by atoms with E-state index in [9.17, 15) is 4.79 Å². The van der Waals surface area contributed by atoms with Crippen molar-refractivity contribution in [3.8, 4) is 0 Å². The molecule has 45 heavy (non-hydrogen) atoms. The molecule has 0 bridgehead atoms. The number of carbonyl (C=O) groups is 1. The van der Waals surface area contributed by atoms with Crippen LogP contribution in [0.1, 0.15) is 34.0 Å². The second kappa shape index (κ2) is 11.9. The predicted molar refractivity (Wildman–Crippen MR) is 186 cm³/mol. The highest BCUT2D eigenvalue weighted by Gasteiger charge is 2.19. The van der Waals surface area contributed by atoms with Crippen molar-refractivity contribution in [1.29, 1.82) is 0 Å². The van der Waals surface area contributed by atoms with Crippen LogP contribution in [-0.2, 0) is 0 Å². The van der Waals surface area contributed by atoms with Gasteiger partial charge in [-0.3, -0.25) is 13.6 Å². The third-order valence-electron chi connectivity index (χ3n) is 8.25. The van der Waals surface area contributed by atoms with Crippen molar-refractivity contribution in [2.75, 3.05) is 50.9 Å². The number of fused-ring (bicyclic) bond motifs is 6. The van der Waals surface area contributed by atoms with E-state index in [1.807, 2.05) is 44.7 Å². The molecule has 1 amide bonds. The van der Waals surface area contributed by atoms with Crippen LogP contribution in [0.2, 0.25) is 0 Å². The summed E-state index contributed by atoms with van der Waals surface area (Å²) < 4.78 is 4.34. The summed E-state index contributed by atoms with van der Waals surface area (Å²) in [7, 11) is 9.09. The molecule has 6 aromatic rings. The zero-order chi connectivity index (χ0) is 31.2. The van der Waals surface area contributed by atoms with Gasteiger partial charge in [-0.15, -0.1) is 22.7 Å². The van der Waals surface area contributed by atoms with E-state index in [2.05, 4.69) is 65.9 Å². The Kier molecular flexibility index (Phi) is 7.80. The van der Waals surface area contributed by atoms with Crippen molar-refractivity contribution in [2.24, 2.45) is 0 Å². The standard InChI is InChI=1S/C16H16BN5OS.C15H17N5S/c1-9-8-19-14-13(18-2)20-11-7-12(24-15(11)22(9)14)10-3-5-21(6-4-10)16(17)23;1-9-8-18-14-13(16-2)19-11-7-12(21-15(11)20(9)14)10-3-5-17-6-4-10/h3,7-8H,4-6H2,1-2H3,(H,18,20);3,7-8,17H,4-6H2,1-2H3,(H,16,19). The van der Waals surface area contributed by atoms with Gasteiger partial charge in [0.15, 0.2) is 28.7 Å². The van der Waals surface area contributed by atoms with Gasteiger partial charge >= 0.3 is 0 Å². The SMILES string of the molecule is CNc1nc2cc(C3=CCNCC3)sc2n2c(C)cnc12.[B]C(=O)N1CC=C(c2cc3nc(NC)c4ncc(C)n4c3s2)CC1. The summed E-state index contributed by atoms with van der Waals surface area (Å²) in [5, 5.41) is 9.63. The molecule has 14 heteroatoms. The maximum absolute atomic E-state index is 11.3. The molecule has 228 valence electrons. The van der Waals surface area contributed by atoms with E-state index >= 15 is 0 Å². The number of nitrogens with one attached hydrogen (secondary N) is 3. The largest absolute Gasteiger partial charge is 0.370 e. The Morgan fingerprint density at radius 2 is 1.42 bits per heavy atom. The first-order valence-corrected chi connectivity index (χ1v) is 16.5. The van der Waals surface area contributed by atoms with Crippen LogP contribution in [0.15, 0.2) is 36.7 Å². The molecule has 0 fully saturated rings. The Bertz CT molecular complexity index is 2150. The van der Waals surface area contributed by atoms with E-state index in [1.54, 1.807) is 16.2 Å². The molecule has 0 unspecified atom stereocenters. The van der Waals surface area contributed by atoms with E-state index in [4.69, 9.17) is 17.8 Å². The minimum atomic E-state index is -0.363. The van der Waals surface area contributed by atoms with Crippen LogP contribution < -0.4 is 16.0 Å². The van der Waals surface area contributed by atoms with Crippen LogP contribution in [0.5, 0.6) is 0 Å². The topological polar surface area (TPSA) is 117 Å². The second-order valence-electron chi connectivity index (χ2n) is 11.1. The average Bonchev–Trinajstić information content (AvgIpc) is 3.86. The van der Waals surface area contributed by atoms with Gasteiger partial charge in [-0.1, -0.05) is 12.2 Å². The molecule has 11 nitrogen and oxygen atoms in total. The van der Waals surface area contributed by atoms with Gasteiger partial charge < -0.3 is 20.9 Å². The maximum atomic E-state index is 11.3. The Labute approximate surface area is 269 Å². The lowest BCUT2D eigenvalue weighted by Crippen LogP contribution is -2.33. The van der Waals surface area contributed by atoms with E-state index < -0.39 is 0 Å². The number of amides is 1. The van der Waals surface area contributed by atoms with Gasteiger partial charge in [-0.2, -0.15) is 0 Å². The third kappa shape index (κ3) is 5.26. The fourth-order valence-corrected chi connectivity index (χ4v) is 8.33. The number of hydrogen-bond donors (Lipinski definition) is 3. The van der Waals surface area contributed by atoms with Crippen LogP contribution in [0.3, 0.4) is 0 Å². The van der Waals surface area contributed by atoms with Crippen molar-refractivity contribution >= 4 is 91.1 Å². The maximum Gasteiger partial charge on any atom is 0.200 e. The molecule has 6 aromatic heterocycles. The Balaban J connectivity index is 0.000000146. The van der Waals surface area contributed by atoms with Crippen LogP contribution in [-0.4, -0.2) is 87.6 Å². The summed E-state index contributed by atoms with van der Waals surface area (Å²) in [6, 6.07) is 4.32. The molecule has 0 saturated carbocycles. The molecule has 8 heterocycles. The summed E-state index contributed by atoms with van der Waals surface area (Å²) in [6.45, 7) is 7.36. The first-order valence-electron chi connectivity index (χ1n) is 14.9. The zero-order valence-corrected chi connectivity index (χ0v) is 27.3. The number of carbonyl (C=O) groups excluding carboxylic acids is 1. The van der Waals surface area contributed by atoms with E-state index in [-0.39, 0.29) is 5.81 Å². The van der Waals surface area contributed by atoms with Gasteiger partial charge in [0.1, 0.15) is 20.7 Å². The average molecular weight is 637 g/mol. The second-order valence-corrected chi connectivity index (χ2v) is 13.1. The van der Waals surface area contributed by atoms with Crippen molar-refractivity contribution in [3.05, 3.63) is 57.8 Å². The first kappa shape index (κ1) is 29.4. The highest BCUT2D eigenvalue weighted by atomic mass is 32.1. The van der Waals surface area contributed by atoms with Gasteiger partial charge in [0.2, 0.25) is 7.85 Å². The minimum absolute atomic E-state index is 0.363. The fourth-order valence-electron chi connectivity index (χ4n) is 5.88. The number of anilines is 2. The molecule has 0 atom stereocenters. The highest BCUT2D eigenvalue weighted by molar-refractivity contribution is 7.20. The molecule has 3 N–H and O–H groups in total. The monoisotopic (exact) mass is 636 g/mol. The number of thiophene rings is 2. The Hall–Kier alpha value is -4.27. The molecule has 0 saturated heterocycles. The summed E-state index contributed by atoms with van der Waals surface area (Å²) >= 11 is 3.52. The van der Waals surface area contributed by atoms with Crippen LogP contribution >= 0.6 is 22.7 Å². The first-order chi connectivity index (χ1) is 21.9. The lowest BCUT2D eigenvalue weighted by Gasteiger charge is -2.25. The predicted octanol–water partition coefficient (Wildman–Crippen LogP) is 5.34. The highest BCUT2D eigenvalue weighted by Crippen LogP contribution is 2.36. The quantitative estimate of drug-likeness (QED) is 0.222. The van der Waals surface area contributed by atoms with Crippen molar-refractivity contribution in [3.63, 3.8) is 0 Å². The Morgan fingerprint density at radius 1 is 0.867 bits per heavy atom. The number of hydrogen-bond acceptors (Lipinski definition) is 10. The minimum Gasteiger partial charge on any atom is -0.370 e. The van der Waals surface area contributed by atoms with E-state index in [0.29, 0.717) is 13.1 Å². The Morgan fingerprint density at radius 3 is 1.87 bits per heavy atom. The molecule has 8 rings (SSSR count). The molecule has 0 aliphatic carbocycles. The van der Waals surface area contributed by atoms with Crippen LogP contribution in [0.25, 0.3) is 43.1 Å².